The number of nitrogens with zero attached hydrogens (tertiary/aromatic N) is 2. The molecule has 2 aliphatic heterocycles. The van der Waals surface area contributed by atoms with Gasteiger partial charge in [0, 0.05) is 24.5 Å². The van der Waals surface area contributed by atoms with Crippen LogP contribution in [-0.4, -0.2) is 33.7 Å². The van der Waals surface area contributed by atoms with E-state index < -0.39 is 17.9 Å². The summed E-state index contributed by atoms with van der Waals surface area (Å²) in [6.07, 6.45) is 3.24. The SMILES string of the molecule is O=C(O)[C@H]1c2ccccc2C(=O)N(Cc2ccc3c(c2)OCO3)[C@H]1c1cccnc1. The van der Waals surface area contributed by atoms with Gasteiger partial charge in [0.05, 0.1) is 6.04 Å². The highest BCUT2D eigenvalue weighted by Gasteiger charge is 2.44. The fourth-order valence-corrected chi connectivity index (χ4v) is 4.19. The minimum absolute atomic E-state index is 0.161. The zero-order chi connectivity index (χ0) is 20.7. The van der Waals surface area contributed by atoms with Gasteiger partial charge in [-0.15, -0.1) is 0 Å². The molecule has 0 saturated carbocycles. The van der Waals surface area contributed by atoms with Crippen molar-refractivity contribution >= 4 is 11.9 Å². The van der Waals surface area contributed by atoms with Gasteiger partial charge in [-0.25, -0.2) is 0 Å². The van der Waals surface area contributed by atoms with Gasteiger partial charge in [-0.3, -0.25) is 14.6 Å². The molecule has 0 spiro atoms. The third kappa shape index (κ3) is 2.95. The summed E-state index contributed by atoms with van der Waals surface area (Å²) in [5.74, 6) is -0.836. The predicted octanol–water partition coefficient (Wildman–Crippen LogP) is 3.38. The summed E-state index contributed by atoms with van der Waals surface area (Å²) >= 11 is 0. The van der Waals surface area contributed by atoms with Gasteiger partial charge >= 0.3 is 5.97 Å². The number of aromatic nitrogens is 1. The number of carbonyl (C=O) groups is 2. The number of benzene rings is 2. The van der Waals surface area contributed by atoms with Crippen molar-refractivity contribution in [3.63, 3.8) is 0 Å². The second kappa shape index (κ2) is 7.18. The zero-order valence-corrected chi connectivity index (χ0v) is 15.9. The number of carbonyl (C=O) groups excluding carboxylic acids is 1. The van der Waals surface area contributed by atoms with E-state index in [0.717, 1.165) is 5.56 Å². The van der Waals surface area contributed by atoms with Gasteiger partial charge in [-0.1, -0.05) is 30.3 Å². The van der Waals surface area contributed by atoms with E-state index in [1.807, 2.05) is 18.2 Å². The quantitative estimate of drug-likeness (QED) is 0.720. The van der Waals surface area contributed by atoms with Crippen molar-refractivity contribution in [2.75, 3.05) is 6.79 Å². The van der Waals surface area contributed by atoms with Crippen LogP contribution >= 0.6 is 0 Å². The summed E-state index contributed by atoms with van der Waals surface area (Å²) in [4.78, 5) is 31.6. The smallest absolute Gasteiger partial charge is 0.313 e. The van der Waals surface area contributed by atoms with Gasteiger partial charge in [0.1, 0.15) is 5.92 Å². The van der Waals surface area contributed by atoms with Crippen molar-refractivity contribution in [2.45, 2.75) is 18.5 Å². The molecule has 3 heterocycles. The Kier molecular flexibility index (Phi) is 4.35. The molecule has 3 aromatic rings. The first kappa shape index (κ1) is 18.2. The number of pyridine rings is 1. The molecule has 0 fully saturated rings. The van der Waals surface area contributed by atoms with Gasteiger partial charge in [-0.2, -0.15) is 0 Å². The lowest BCUT2D eigenvalue weighted by Crippen LogP contribution is -2.44. The molecule has 2 atom stereocenters. The molecular weight excluding hydrogens is 384 g/mol. The van der Waals surface area contributed by atoms with E-state index in [9.17, 15) is 14.7 Å². The van der Waals surface area contributed by atoms with Crippen LogP contribution in [0.4, 0.5) is 0 Å². The number of hydrogen-bond acceptors (Lipinski definition) is 5. The first-order chi connectivity index (χ1) is 14.6. The maximum atomic E-state index is 13.5. The number of aliphatic carboxylic acids is 1. The average Bonchev–Trinajstić information content (AvgIpc) is 3.24. The lowest BCUT2D eigenvalue weighted by molar-refractivity contribution is -0.140. The monoisotopic (exact) mass is 402 g/mol. The van der Waals surface area contributed by atoms with Crippen LogP contribution in [0.15, 0.2) is 67.0 Å². The molecule has 30 heavy (non-hydrogen) atoms. The van der Waals surface area contributed by atoms with Crippen LogP contribution in [0, 0.1) is 0 Å². The van der Waals surface area contributed by atoms with Gasteiger partial charge in [0.2, 0.25) is 6.79 Å². The van der Waals surface area contributed by atoms with Gasteiger partial charge in [0.15, 0.2) is 11.5 Å². The standard InChI is InChI=1S/C23H18N2O5/c26-22-17-6-2-1-5-16(17)20(23(27)28)21(15-4-3-9-24-11-15)25(22)12-14-7-8-18-19(10-14)30-13-29-18/h1-11,20-21H,12-13H2,(H,27,28)/t20-,21-/m0/s1. The summed E-state index contributed by atoms with van der Waals surface area (Å²) < 4.78 is 10.8. The maximum absolute atomic E-state index is 13.5. The number of amides is 1. The molecule has 150 valence electrons. The normalized spacial score (nSPS) is 19.5. The fourth-order valence-electron chi connectivity index (χ4n) is 4.19. The first-order valence-electron chi connectivity index (χ1n) is 9.54. The average molecular weight is 402 g/mol. The molecule has 0 radical (unpaired) electrons. The molecule has 7 heteroatoms. The Hall–Kier alpha value is -3.87. The minimum Gasteiger partial charge on any atom is -0.481 e. The van der Waals surface area contributed by atoms with E-state index >= 15 is 0 Å². The highest BCUT2D eigenvalue weighted by atomic mass is 16.7. The van der Waals surface area contributed by atoms with Crippen molar-refractivity contribution in [3.8, 4) is 11.5 Å². The number of hydrogen-bond donors (Lipinski definition) is 1. The van der Waals surface area contributed by atoms with E-state index in [0.29, 0.717) is 28.2 Å². The molecule has 2 aliphatic rings. The maximum Gasteiger partial charge on any atom is 0.313 e. The van der Waals surface area contributed by atoms with Crippen LogP contribution in [-0.2, 0) is 11.3 Å². The Morgan fingerprint density at radius 2 is 1.93 bits per heavy atom. The minimum atomic E-state index is -0.987. The lowest BCUT2D eigenvalue weighted by Gasteiger charge is -2.40. The molecular formula is C23H18N2O5. The molecule has 0 saturated heterocycles. The largest absolute Gasteiger partial charge is 0.481 e. The summed E-state index contributed by atoms with van der Waals surface area (Å²) in [6, 6.07) is 15.3. The van der Waals surface area contributed by atoms with E-state index in [1.54, 1.807) is 53.7 Å². The molecule has 5 rings (SSSR count). The number of rotatable bonds is 4. The summed E-state index contributed by atoms with van der Waals surface area (Å²) in [5.41, 5.74) is 2.43. The molecule has 0 unspecified atom stereocenters. The first-order valence-corrected chi connectivity index (χ1v) is 9.54. The third-order valence-corrected chi connectivity index (χ3v) is 5.52. The Morgan fingerprint density at radius 3 is 2.73 bits per heavy atom. The summed E-state index contributed by atoms with van der Waals surface area (Å²) in [5, 5.41) is 10.1. The van der Waals surface area contributed by atoms with Crippen molar-refractivity contribution in [1.29, 1.82) is 0 Å². The lowest BCUT2D eigenvalue weighted by atomic mass is 9.80. The van der Waals surface area contributed by atoms with Crippen molar-refractivity contribution in [1.82, 2.24) is 9.88 Å². The highest BCUT2D eigenvalue weighted by molar-refractivity contribution is 6.00. The number of ether oxygens (including phenoxy) is 2. The van der Waals surface area contributed by atoms with E-state index in [4.69, 9.17) is 9.47 Å². The number of carboxylic acid groups (broad SMARTS) is 1. The third-order valence-electron chi connectivity index (χ3n) is 5.52. The van der Waals surface area contributed by atoms with Crippen LogP contribution < -0.4 is 9.47 Å². The summed E-state index contributed by atoms with van der Waals surface area (Å²) in [6.45, 7) is 0.390. The second-order valence-electron chi connectivity index (χ2n) is 7.26. The number of fused-ring (bicyclic) bond motifs is 2. The molecule has 1 aromatic heterocycles. The molecule has 0 bridgehead atoms. The van der Waals surface area contributed by atoms with Gasteiger partial charge in [0.25, 0.3) is 5.91 Å². The van der Waals surface area contributed by atoms with E-state index in [1.165, 1.54) is 0 Å². The summed E-state index contributed by atoms with van der Waals surface area (Å²) in [7, 11) is 0. The van der Waals surface area contributed by atoms with Crippen molar-refractivity contribution < 1.29 is 24.2 Å². The zero-order valence-electron chi connectivity index (χ0n) is 15.9. The Morgan fingerprint density at radius 1 is 1.10 bits per heavy atom. The Labute approximate surface area is 172 Å². The fraction of sp³-hybridized carbons (Fsp3) is 0.174. The predicted molar refractivity (Wildman–Crippen MR) is 106 cm³/mol. The molecule has 7 nitrogen and oxygen atoms in total. The Bertz CT molecular complexity index is 1130. The van der Waals surface area contributed by atoms with E-state index in [-0.39, 0.29) is 19.2 Å². The molecule has 1 amide bonds. The topological polar surface area (TPSA) is 89.0 Å². The van der Waals surface area contributed by atoms with E-state index in [2.05, 4.69) is 4.98 Å². The van der Waals surface area contributed by atoms with Crippen LogP contribution in [0.5, 0.6) is 11.5 Å². The highest BCUT2D eigenvalue weighted by Crippen LogP contribution is 2.44. The molecule has 2 aromatic carbocycles. The van der Waals surface area contributed by atoms with Crippen LogP contribution in [0.3, 0.4) is 0 Å². The second-order valence-corrected chi connectivity index (χ2v) is 7.26. The van der Waals surface area contributed by atoms with Crippen LogP contribution in [0.1, 0.15) is 39.0 Å². The Balaban J connectivity index is 1.63. The van der Waals surface area contributed by atoms with Crippen molar-refractivity contribution in [2.24, 2.45) is 0 Å². The van der Waals surface area contributed by atoms with Crippen LogP contribution in [0.2, 0.25) is 0 Å². The van der Waals surface area contributed by atoms with Crippen molar-refractivity contribution in [3.05, 3.63) is 89.2 Å². The molecule has 0 aliphatic carbocycles. The van der Waals surface area contributed by atoms with Gasteiger partial charge in [-0.05, 0) is 41.0 Å². The number of carboxylic acids is 1. The van der Waals surface area contributed by atoms with Crippen LogP contribution in [0.25, 0.3) is 0 Å². The van der Waals surface area contributed by atoms with Gasteiger partial charge < -0.3 is 19.5 Å². The molecule has 1 N–H and O–H groups in total.